The fraction of sp³-hybridized carbons (Fsp3) is 0.615. The molecule has 0 radical (unpaired) electrons. The van der Waals surface area contributed by atoms with Crippen molar-refractivity contribution in [3.63, 3.8) is 0 Å². The highest BCUT2D eigenvalue weighted by Gasteiger charge is 2.10. The minimum absolute atomic E-state index is 0.299. The van der Waals surface area contributed by atoms with Crippen molar-refractivity contribution in [3.8, 4) is 0 Å². The van der Waals surface area contributed by atoms with Gasteiger partial charge >= 0.3 is 0 Å². The van der Waals surface area contributed by atoms with E-state index in [1.807, 2.05) is 17.5 Å². The Bertz CT molecular complexity index is 329. The van der Waals surface area contributed by atoms with Gasteiger partial charge in [0.1, 0.15) is 0 Å². The minimum atomic E-state index is 0.299. The molecule has 1 aromatic heterocycles. The van der Waals surface area contributed by atoms with E-state index in [0.29, 0.717) is 12.2 Å². The summed E-state index contributed by atoms with van der Waals surface area (Å²) >= 11 is 1.55. The van der Waals surface area contributed by atoms with Crippen LogP contribution < -0.4 is 5.32 Å². The van der Waals surface area contributed by atoms with Crippen molar-refractivity contribution < 1.29 is 4.79 Å². The summed E-state index contributed by atoms with van der Waals surface area (Å²) in [6.07, 6.45) is 2.89. The molecule has 1 aliphatic heterocycles. The van der Waals surface area contributed by atoms with E-state index in [9.17, 15) is 4.79 Å². The van der Waals surface area contributed by atoms with Crippen molar-refractivity contribution in [1.82, 2.24) is 10.2 Å². The van der Waals surface area contributed by atoms with E-state index in [-0.39, 0.29) is 0 Å². The Hall–Kier alpha value is -0.710. The first-order valence-corrected chi connectivity index (χ1v) is 7.24. The number of carbonyl (C=O) groups excluding carboxylic acids is 1. The first-order valence-electron chi connectivity index (χ1n) is 6.36. The number of thiophene rings is 1. The van der Waals surface area contributed by atoms with E-state index in [2.05, 4.69) is 10.2 Å². The summed E-state index contributed by atoms with van der Waals surface area (Å²) in [5, 5.41) is 5.36. The van der Waals surface area contributed by atoms with Crippen LogP contribution in [0.25, 0.3) is 0 Å². The van der Waals surface area contributed by atoms with Crippen LogP contribution in [0.2, 0.25) is 0 Å². The molecule has 0 spiro atoms. The Labute approximate surface area is 107 Å². The van der Waals surface area contributed by atoms with Gasteiger partial charge in [0, 0.05) is 19.5 Å². The number of Topliss-reactive ketones (excluding diaryl/α,β-unsaturated/α-hetero) is 1. The summed E-state index contributed by atoms with van der Waals surface area (Å²) in [7, 11) is 0. The predicted molar refractivity (Wildman–Crippen MR) is 71.8 cm³/mol. The van der Waals surface area contributed by atoms with Gasteiger partial charge in [-0.05, 0) is 43.9 Å². The van der Waals surface area contributed by atoms with Gasteiger partial charge in [-0.25, -0.2) is 0 Å². The van der Waals surface area contributed by atoms with Crippen molar-refractivity contribution in [2.45, 2.75) is 19.3 Å². The molecule has 0 atom stereocenters. The number of rotatable bonds is 5. The Morgan fingerprint density at radius 1 is 1.41 bits per heavy atom. The SMILES string of the molecule is O=C(CCCN1CCCNCC1)c1cccs1. The minimum Gasteiger partial charge on any atom is -0.315 e. The summed E-state index contributed by atoms with van der Waals surface area (Å²) in [5.41, 5.74) is 0. The van der Waals surface area contributed by atoms with Crippen molar-refractivity contribution in [2.24, 2.45) is 0 Å². The second kappa shape index (κ2) is 6.89. The third-order valence-corrected chi connectivity index (χ3v) is 4.02. The van der Waals surface area contributed by atoms with Crippen LogP contribution in [-0.4, -0.2) is 43.4 Å². The van der Waals surface area contributed by atoms with E-state index < -0.39 is 0 Å². The van der Waals surface area contributed by atoms with Gasteiger partial charge in [-0.15, -0.1) is 11.3 Å². The Morgan fingerprint density at radius 2 is 2.35 bits per heavy atom. The molecule has 0 unspecified atom stereocenters. The second-order valence-corrected chi connectivity index (χ2v) is 5.40. The molecule has 0 bridgehead atoms. The molecule has 94 valence electrons. The largest absolute Gasteiger partial charge is 0.315 e. The fourth-order valence-corrected chi connectivity index (χ4v) is 2.84. The van der Waals surface area contributed by atoms with Crippen LogP contribution >= 0.6 is 11.3 Å². The average Bonchev–Trinajstić information content (AvgIpc) is 2.75. The van der Waals surface area contributed by atoms with Gasteiger partial charge in [0.25, 0.3) is 0 Å². The third kappa shape index (κ3) is 4.22. The number of nitrogens with zero attached hydrogens (tertiary/aromatic N) is 1. The maximum absolute atomic E-state index is 11.8. The van der Waals surface area contributed by atoms with E-state index in [4.69, 9.17) is 0 Å². The van der Waals surface area contributed by atoms with E-state index in [0.717, 1.165) is 37.5 Å². The standard InChI is InChI=1S/C13H20N2OS/c16-12(13-5-2-11-17-13)4-1-8-15-9-3-6-14-7-10-15/h2,5,11,14H,1,3-4,6-10H2. The monoisotopic (exact) mass is 252 g/mol. The number of nitrogens with one attached hydrogen (secondary N) is 1. The molecule has 4 heteroatoms. The summed E-state index contributed by atoms with van der Waals surface area (Å²) in [5.74, 6) is 0.299. The smallest absolute Gasteiger partial charge is 0.172 e. The highest BCUT2D eigenvalue weighted by molar-refractivity contribution is 7.12. The number of hydrogen-bond acceptors (Lipinski definition) is 4. The van der Waals surface area contributed by atoms with Crippen LogP contribution in [0.4, 0.5) is 0 Å². The van der Waals surface area contributed by atoms with E-state index in [1.165, 1.54) is 13.0 Å². The van der Waals surface area contributed by atoms with Crippen LogP contribution in [0.3, 0.4) is 0 Å². The molecular weight excluding hydrogens is 232 g/mol. The second-order valence-electron chi connectivity index (χ2n) is 4.45. The highest BCUT2D eigenvalue weighted by atomic mass is 32.1. The zero-order chi connectivity index (χ0) is 11.9. The van der Waals surface area contributed by atoms with E-state index >= 15 is 0 Å². The first-order chi connectivity index (χ1) is 8.36. The molecule has 1 saturated heterocycles. The molecule has 0 aromatic carbocycles. The van der Waals surface area contributed by atoms with Gasteiger partial charge in [0.05, 0.1) is 4.88 Å². The predicted octanol–water partition coefficient (Wildman–Crippen LogP) is 2.01. The van der Waals surface area contributed by atoms with Gasteiger partial charge < -0.3 is 10.2 Å². The lowest BCUT2D eigenvalue weighted by Crippen LogP contribution is -2.29. The molecule has 17 heavy (non-hydrogen) atoms. The topological polar surface area (TPSA) is 32.3 Å². The van der Waals surface area contributed by atoms with Crippen molar-refractivity contribution >= 4 is 17.1 Å². The van der Waals surface area contributed by atoms with Gasteiger partial charge in [0.15, 0.2) is 5.78 Å². The van der Waals surface area contributed by atoms with E-state index in [1.54, 1.807) is 11.3 Å². The molecule has 1 N–H and O–H groups in total. The summed E-state index contributed by atoms with van der Waals surface area (Å²) in [6, 6.07) is 3.86. The summed E-state index contributed by atoms with van der Waals surface area (Å²) in [6.45, 7) is 5.55. The molecule has 3 nitrogen and oxygen atoms in total. The van der Waals surface area contributed by atoms with Crippen molar-refractivity contribution in [3.05, 3.63) is 22.4 Å². The fourth-order valence-electron chi connectivity index (χ4n) is 2.15. The van der Waals surface area contributed by atoms with Gasteiger partial charge in [-0.2, -0.15) is 0 Å². The molecular formula is C13H20N2OS. The van der Waals surface area contributed by atoms with Crippen LogP contribution in [-0.2, 0) is 0 Å². The molecule has 1 aliphatic rings. The first kappa shape index (κ1) is 12.7. The molecule has 0 aliphatic carbocycles. The molecule has 2 rings (SSSR count). The van der Waals surface area contributed by atoms with Crippen molar-refractivity contribution in [1.29, 1.82) is 0 Å². The zero-order valence-corrected chi connectivity index (χ0v) is 11.0. The maximum atomic E-state index is 11.8. The zero-order valence-electron chi connectivity index (χ0n) is 10.2. The van der Waals surface area contributed by atoms with Gasteiger partial charge in [0.2, 0.25) is 0 Å². The van der Waals surface area contributed by atoms with Crippen LogP contribution in [0, 0.1) is 0 Å². The number of carbonyl (C=O) groups is 1. The summed E-state index contributed by atoms with van der Waals surface area (Å²) in [4.78, 5) is 15.2. The number of ketones is 1. The Kier molecular flexibility index (Phi) is 5.16. The molecule has 1 aromatic rings. The molecule has 0 amide bonds. The van der Waals surface area contributed by atoms with Gasteiger partial charge in [-0.3, -0.25) is 4.79 Å². The van der Waals surface area contributed by atoms with Crippen LogP contribution in [0.5, 0.6) is 0 Å². The highest BCUT2D eigenvalue weighted by Crippen LogP contribution is 2.12. The third-order valence-electron chi connectivity index (χ3n) is 3.11. The number of hydrogen-bond donors (Lipinski definition) is 1. The van der Waals surface area contributed by atoms with Crippen molar-refractivity contribution in [2.75, 3.05) is 32.7 Å². The lowest BCUT2D eigenvalue weighted by Gasteiger charge is -2.18. The quantitative estimate of drug-likeness (QED) is 0.814. The molecule has 1 fully saturated rings. The van der Waals surface area contributed by atoms with Crippen LogP contribution in [0.15, 0.2) is 17.5 Å². The maximum Gasteiger partial charge on any atom is 0.172 e. The molecule has 2 heterocycles. The lowest BCUT2D eigenvalue weighted by molar-refractivity contribution is 0.0979. The average molecular weight is 252 g/mol. The Morgan fingerprint density at radius 3 is 3.18 bits per heavy atom. The lowest BCUT2D eigenvalue weighted by atomic mass is 10.2. The molecule has 0 saturated carbocycles. The summed E-state index contributed by atoms with van der Waals surface area (Å²) < 4.78 is 0. The van der Waals surface area contributed by atoms with Gasteiger partial charge in [-0.1, -0.05) is 6.07 Å². The van der Waals surface area contributed by atoms with Crippen LogP contribution in [0.1, 0.15) is 28.9 Å². The Balaban J connectivity index is 1.66. The normalized spacial score (nSPS) is 17.9.